The molecule has 1 atom stereocenters. The van der Waals surface area contributed by atoms with Gasteiger partial charge in [-0.3, -0.25) is 4.79 Å². The number of ether oxygens (including phenoxy) is 1. The van der Waals surface area contributed by atoms with E-state index in [2.05, 4.69) is 34.0 Å². The molecule has 0 radical (unpaired) electrons. The van der Waals surface area contributed by atoms with Crippen molar-refractivity contribution in [2.75, 3.05) is 0 Å². The zero-order valence-corrected chi connectivity index (χ0v) is 14.1. The summed E-state index contributed by atoms with van der Waals surface area (Å²) in [5.41, 5.74) is 4.40. The van der Waals surface area contributed by atoms with Crippen LogP contribution < -0.4 is 0 Å². The monoisotopic (exact) mass is 336 g/mol. The Morgan fingerprint density at radius 1 is 1.35 bits per heavy atom. The van der Waals surface area contributed by atoms with Gasteiger partial charge in [0.25, 0.3) is 0 Å². The molecule has 0 saturated heterocycles. The topological polar surface area (TPSA) is 26.3 Å². The van der Waals surface area contributed by atoms with E-state index in [4.69, 9.17) is 11.2 Å². The molecule has 0 aliphatic carbocycles. The molecule has 0 N–H and O–H groups in total. The highest BCUT2D eigenvalue weighted by molar-refractivity contribution is 9.10. The Bertz CT molecular complexity index is 503. The van der Waals surface area contributed by atoms with E-state index in [1.807, 2.05) is 27.7 Å². The fraction of sp³-hybridized carbons (Fsp3) is 0.471. The van der Waals surface area contributed by atoms with Gasteiger partial charge < -0.3 is 4.74 Å². The minimum absolute atomic E-state index is 0.211. The minimum Gasteiger partial charge on any atom is -0.460 e. The van der Waals surface area contributed by atoms with Crippen LogP contribution in [0.25, 0.3) is 0 Å². The summed E-state index contributed by atoms with van der Waals surface area (Å²) in [6.07, 6.45) is 5.96. The molecule has 108 valence electrons. The Hall–Kier alpha value is -1.27. The largest absolute Gasteiger partial charge is 0.460 e. The average molecular weight is 337 g/mol. The second-order valence-corrected chi connectivity index (χ2v) is 6.33. The quantitative estimate of drug-likeness (QED) is 0.462. The van der Waals surface area contributed by atoms with Crippen molar-refractivity contribution in [3.63, 3.8) is 0 Å². The zero-order valence-electron chi connectivity index (χ0n) is 12.5. The molecule has 0 heterocycles. The molecule has 1 unspecified atom stereocenters. The Balaban J connectivity index is 2.79. The van der Waals surface area contributed by atoms with Gasteiger partial charge in [0.1, 0.15) is 11.4 Å². The highest BCUT2D eigenvalue weighted by Crippen LogP contribution is 2.20. The number of alkyl halides is 1. The lowest BCUT2D eigenvalue weighted by molar-refractivity contribution is -0.144. The van der Waals surface area contributed by atoms with Gasteiger partial charge in [0.15, 0.2) is 0 Å². The molecular formula is C17H21BrO2. The number of terminal acetylenes is 1. The third-order valence-electron chi connectivity index (χ3n) is 3.23. The van der Waals surface area contributed by atoms with Gasteiger partial charge in [-0.25, -0.2) is 0 Å². The molecule has 0 aromatic heterocycles. The highest BCUT2D eigenvalue weighted by atomic mass is 79.9. The molecule has 2 nitrogen and oxygen atoms in total. The van der Waals surface area contributed by atoms with Crippen LogP contribution in [0, 0.1) is 32.1 Å². The molecular weight excluding hydrogens is 316 g/mol. The summed E-state index contributed by atoms with van der Waals surface area (Å²) in [5.74, 6) is 2.64. The number of benzene rings is 1. The van der Waals surface area contributed by atoms with Crippen molar-refractivity contribution in [3.05, 3.63) is 34.4 Å². The van der Waals surface area contributed by atoms with Crippen LogP contribution in [-0.4, -0.2) is 10.8 Å². The number of carbonyl (C=O) groups excluding carboxylic acids is 1. The van der Waals surface area contributed by atoms with Crippen molar-refractivity contribution in [2.45, 2.75) is 45.5 Å². The zero-order chi connectivity index (χ0) is 15.3. The molecule has 0 saturated carbocycles. The van der Waals surface area contributed by atoms with Gasteiger partial charge in [0.2, 0.25) is 0 Å². The van der Waals surface area contributed by atoms with Gasteiger partial charge in [-0.1, -0.05) is 41.9 Å². The number of halogens is 1. The van der Waals surface area contributed by atoms with Crippen LogP contribution in [-0.2, 0) is 22.6 Å². The molecule has 0 amide bonds. The first kappa shape index (κ1) is 16.8. The maximum atomic E-state index is 11.9. The normalized spacial score (nSPS) is 12.1. The SMILES string of the molecule is C#CCc1cc(C)c(COC(=O)C(Br)C(C)C)c(C)c1. The maximum Gasteiger partial charge on any atom is 0.320 e. The van der Waals surface area contributed by atoms with Crippen molar-refractivity contribution in [2.24, 2.45) is 5.92 Å². The predicted octanol–water partition coefficient (Wildman–Crippen LogP) is 3.94. The number of aryl methyl sites for hydroxylation is 2. The van der Waals surface area contributed by atoms with Gasteiger partial charge in [0.05, 0.1) is 0 Å². The Labute approximate surface area is 130 Å². The van der Waals surface area contributed by atoms with Crippen molar-refractivity contribution in [1.82, 2.24) is 0 Å². The molecule has 0 spiro atoms. The van der Waals surface area contributed by atoms with E-state index in [-0.39, 0.29) is 16.7 Å². The Morgan fingerprint density at radius 2 is 1.90 bits per heavy atom. The van der Waals surface area contributed by atoms with Crippen molar-refractivity contribution in [1.29, 1.82) is 0 Å². The second kappa shape index (κ2) is 7.50. The van der Waals surface area contributed by atoms with Crippen molar-refractivity contribution in [3.8, 4) is 12.3 Å². The molecule has 0 fully saturated rings. The summed E-state index contributed by atoms with van der Waals surface area (Å²) >= 11 is 3.35. The summed E-state index contributed by atoms with van der Waals surface area (Å²) < 4.78 is 5.39. The minimum atomic E-state index is -0.260. The standard InChI is InChI=1S/C17H21BrO2/c1-6-7-14-8-12(4)15(13(5)9-14)10-20-17(19)16(18)11(2)3/h1,8-9,11,16H,7,10H2,2-5H3. The first-order chi connectivity index (χ1) is 9.36. The highest BCUT2D eigenvalue weighted by Gasteiger charge is 2.20. The lowest BCUT2D eigenvalue weighted by Gasteiger charge is -2.16. The van der Waals surface area contributed by atoms with E-state index in [9.17, 15) is 4.79 Å². The van der Waals surface area contributed by atoms with Crippen LogP contribution in [0.4, 0.5) is 0 Å². The number of hydrogen-bond donors (Lipinski definition) is 0. The van der Waals surface area contributed by atoms with Gasteiger partial charge in [-0.05, 0) is 42.0 Å². The summed E-state index contributed by atoms with van der Waals surface area (Å²) in [6, 6.07) is 4.12. The molecule has 1 rings (SSSR count). The third kappa shape index (κ3) is 4.38. The fourth-order valence-electron chi connectivity index (χ4n) is 2.03. The van der Waals surface area contributed by atoms with Gasteiger partial charge >= 0.3 is 5.97 Å². The van der Waals surface area contributed by atoms with Crippen molar-refractivity contribution < 1.29 is 9.53 Å². The smallest absolute Gasteiger partial charge is 0.320 e. The van der Waals surface area contributed by atoms with Crippen LogP contribution in [0.1, 0.15) is 36.1 Å². The summed E-state index contributed by atoms with van der Waals surface area (Å²) in [6.45, 7) is 8.30. The van der Waals surface area contributed by atoms with Crippen LogP contribution >= 0.6 is 15.9 Å². The van der Waals surface area contributed by atoms with E-state index in [0.717, 1.165) is 22.3 Å². The summed E-state index contributed by atoms with van der Waals surface area (Å²) in [5, 5.41) is 0. The lowest BCUT2D eigenvalue weighted by atomic mass is 9.98. The second-order valence-electron chi connectivity index (χ2n) is 5.34. The van der Waals surface area contributed by atoms with Gasteiger partial charge in [-0.15, -0.1) is 12.3 Å². The molecule has 0 bridgehead atoms. The summed E-state index contributed by atoms with van der Waals surface area (Å²) in [7, 11) is 0. The lowest BCUT2D eigenvalue weighted by Crippen LogP contribution is -2.22. The molecule has 0 aliphatic rings. The number of rotatable bonds is 5. The van der Waals surface area contributed by atoms with Crippen LogP contribution in [0.5, 0.6) is 0 Å². The molecule has 20 heavy (non-hydrogen) atoms. The first-order valence-electron chi connectivity index (χ1n) is 6.70. The fourth-order valence-corrected chi connectivity index (χ4v) is 2.16. The van der Waals surface area contributed by atoms with E-state index in [1.165, 1.54) is 0 Å². The van der Waals surface area contributed by atoms with Gasteiger partial charge in [-0.2, -0.15) is 0 Å². The van der Waals surface area contributed by atoms with Gasteiger partial charge in [0, 0.05) is 6.42 Å². The molecule has 0 aliphatic heterocycles. The number of hydrogen-bond acceptors (Lipinski definition) is 2. The van der Waals surface area contributed by atoms with Crippen molar-refractivity contribution >= 4 is 21.9 Å². The van der Waals surface area contributed by atoms with E-state index in [0.29, 0.717) is 13.0 Å². The van der Waals surface area contributed by atoms with Crippen LogP contribution in [0.15, 0.2) is 12.1 Å². The van der Waals surface area contributed by atoms with E-state index < -0.39 is 0 Å². The van der Waals surface area contributed by atoms with E-state index >= 15 is 0 Å². The van der Waals surface area contributed by atoms with E-state index in [1.54, 1.807) is 0 Å². The Morgan fingerprint density at radius 3 is 2.35 bits per heavy atom. The van der Waals surface area contributed by atoms with Crippen LogP contribution in [0.3, 0.4) is 0 Å². The molecule has 1 aromatic rings. The molecule has 1 aromatic carbocycles. The summed E-state index contributed by atoms with van der Waals surface area (Å²) in [4.78, 5) is 11.6. The predicted molar refractivity (Wildman–Crippen MR) is 85.8 cm³/mol. The maximum absolute atomic E-state index is 11.9. The number of carbonyl (C=O) groups is 1. The third-order valence-corrected chi connectivity index (χ3v) is 4.66. The number of esters is 1. The average Bonchev–Trinajstić information content (AvgIpc) is 2.36. The Kier molecular flexibility index (Phi) is 6.29. The first-order valence-corrected chi connectivity index (χ1v) is 7.61. The van der Waals surface area contributed by atoms with Crippen LogP contribution in [0.2, 0.25) is 0 Å². The molecule has 3 heteroatoms.